The van der Waals surface area contributed by atoms with Crippen LogP contribution in [0.2, 0.25) is 0 Å². The minimum absolute atomic E-state index is 0.389. The second kappa shape index (κ2) is 3.97. The van der Waals surface area contributed by atoms with Crippen molar-refractivity contribution in [3.8, 4) is 0 Å². The Bertz CT molecular complexity index is 315. The first-order valence-corrected chi connectivity index (χ1v) is 5.89. The second-order valence-corrected chi connectivity index (χ2v) is 5.49. The molecule has 82 valence electrons. The van der Waals surface area contributed by atoms with Crippen molar-refractivity contribution in [3.63, 3.8) is 0 Å². The second-order valence-electron chi connectivity index (χ2n) is 5.49. The van der Waals surface area contributed by atoms with Gasteiger partial charge in [-0.25, -0.2) is 0 Å². The first-order valence-electron chi connectivity index (χ1n) is 5.89. The molecule has 0 spiro atoms. The fourth-order valence-corrected chi connectivity index (χ4v) is 2.42. The highest BCUT2D eigenvalue weighted by molar-refractivity contribution is 5.15. The summed E-state index contributed by atoms with van der Waals surface area (Å²) >= 11 is 0. The van der Waals surface area contributed by atoms with Crippen molar-refractivity contribution in [2.75, 3.05) is 0 Å². The van der Waals surface area contributed by atoms with Gasteiger partial charge in [0.05, 0.1) is 0 Å². The van der Waals surface area contributed by atoms with E-state index in [4.69, 9.17) is 5.73 Å². The van der Waals surface area contributed by atoms with Gasteiger partial charge in [-0.2, -0.15) is 0 Å². The minimum Gasteiger partial charge on any atom is -0.327 e. The summed E-state index contributed by atoms with van der Waals surface area (Å²) in [5, 5.41) is 0. The standard InChI is InChI=1S/C14H21N/c1-14(2)10-12(14)13(15)9-8-11-6-4-3-5-7-11/h3-7,12-13H,8-10,15H2,1-2H3. The zero-order valence-corrected chi connectivity index (χ0v) is 9.74. The lowest BCUT2D eigenvalue weighted by molar-refractivity contribution is 0.458. The van der Waals surface area contributed by atoms with Crippen LogP contribution in [0.3, 0.4) is 0 Å². The Labute approximate surface area is 92.7 Å². The number of benzene rings is 1. The summed E-state index contributed by atoms with van der Waals surface area (Å²) in [6, 6.07) is 11.0. The van der Waals surface area contributed by atoms with Gasteiger partial charge in [-0.3, -0.25) is 0 Å². The molecule has 0 saturated heterocycles. The van der Waals surface area contributed by atoms with Crippen LogP contribution in [0, 0.1) is 11.3 Å². The zero-order valence-electron chi connectivity index (χ0n) is 9.74. The summed E-state index contributed by atoms with van der Waals surface area (Å²) < 4.78 is 0. The van der Waals surface area contributed by atoms with Gasteiger partial charge in [0.25, 0.3) is 0 Å². The van der Waals surface area contributed by atoms with Gasteiger partial charge in [0.1, 0.15) is 0 Å². The van der Waals surface area contributed by atoms with E-state index in [0.717, 1.165) is 18.8 Å². The van der Waals surface area contributed by atoms with E-state index < -0.39 is 0 Å². The van der Waals surface area contributed by atoms with Gasteiger partial charge in [0, 0.05) is 6.04 Å². The highest BCUT2D eigenvalue weighted by Gasteiger charge is 2.48. The average Bonchev–Trinajstić information content (AvgIpc) is 2.86. The fourth-order valence-electron chi connectivity index (χ4n) is 2.42. The third-order valence-electron chi connectivity index (χ3n) is 3.72. The molecule has 1 nitrogen and oxygen atoms in total. The van der Waals surface area contributed by atoms with Gasteiger partial charge in [-0.05, 0) is 36.2 Å². The molecule has 0 radical (unpaired) electrons. The van der Waals surface area contributed by atoms with Crippen LogP contribution in [0.4, 0.5) is 0 Å². The van der Waals surface area contributed by atoms with Gasteiger partial charge in [-0.15, -0.1) is 0 Å². The van der Waals surface area contributed by atoms with Crippen LogP contribution in [0.1, 0.15) is 32.3 Å². The summed E-state index contributed by atoms with van der Waals surface area (Å²) in [4.78, 5) is 0. The van der Waals surface area contributed by atoms with E-state index in [-0.39, 0.29) is 0 Å². The van der Waals surface area contributed by atoms with E-state index in [9.17, 15) is 0 Å². The maximum absolute atomic E-state index is 6.20. The summed E-state index contributed by atoms with van der Waals surface area (Å²) in [6.45, 7) is 4.64. The normalized spacial score (nSPS) is 24.9. The Kier molecular flexibility index (Phi) is 2.83. The van der Waals surface area contributed by atoms with Crippen LogP contribution >= 0.6 is 0 Å². The summed E-state index contributed by atoms with van der Waals surface area (Å²) in [6.07, 6.45) is 3.55. The Hall–Kier alpha value is -0.820. The lowest BCUT2D eigenvalue weighted by Gasteiger charge is -2.13. The summed E-state index contributed by atoms with van der Waals surface area (Å²) in [7, 11) is 0. The lowest BCUT2D eigenvalue weighted by Crippen LogP contribution is -2.25. The zero-order chi connectivity index (χ0) is 10.9. The highest BCUT2D eigenvalue weighted by atomic mass is 14.7. The van der Waals surface area contributed by atoms with Crippen molar-refractivity contribution in [1.82, 2.24) is 0 Å². The van der Waals surface area contributed by atoms with E-state index in [1.54, 1.807) is 0 Å². The van der Waals surface area contributed by atoms with Crippen molar-refractivity contribution >= 4 is 0 Å². The Morgan fingerprint density at radius 3 is 2.47 bits per heavy atom. The molecule has 2 N–H and O–H groups in total. The Morgan fingerprint density at radius 2 is 1.93 bits per heavy atom. The minimum atomic E-state index is 0.389. The highest BCUT2D eigenvalue weighted by Crippen LogP contribution is 2.53. The predicted molar refractivity (Wildman–Crippen MR) is 64.6 cm³/mol. The monoisotopic (exact) mass is 203 g/mol. The van der Waals surface area contributed by atoms with E-state index >= 15 is 0 Å². The van der Waals surface area contributed by atoms with Crippen molar-refractivity contribution < 1.29 is 0 Å². The Morgan fingerprint density at radius 1 is 1.33 bits per heavy atom. The topological polar surface area (TPSA) is 26.0 Å². The molecule has 1 heteroatoms. The number of hydrogen-bond donors (Lipinski definition) is 1. The van der Waals surface area contributed by atoms with Crippen LogP contribution in [0.25, 0.3) is 0 Å². The molecule has 0 bridgehead atoms. The molecule has 1 saturated carbocycles. The van der Waals surface area contributed by atoms with Gasteiger partial charge in [-0.1, -0.05) is 44.2 Å². The molecule has 1 aliphatic carbocycles. The molecular formula is C14H21N. The first kappa shape index (κ1) is 10.7. The SMILES string of the molecule is CC1(C)CC1C(N)CCc1ccccc1. The van der Waals surface area contributed by atoms with Crippen molar-refractivity contribution in [2.24, 2.45) is 17.1 Å². The van der Waals surface area contributed by atoms with Crippen LogP contribution in [-0.4, -0.2) is 6.04 Å². The average molecular weight is 203 g/mol. The molecule has 0 aliphatic heterocycles. The van der Waals surface area contributed by atoms with E-state index in [2.05, 4.69) is 44.2 Å². The Balaban J connectivity index is 1.80. The molecular weight excluding hydrogens is 182 g/mol. The molecule has 0 amide bonds. The van der Waals surface area contributed by atoms with Crippen molar-refractivity contribution in [1.29, 1.82) is 0 Å². The largest absolute Gasteiger partial charge is 0.327 e. The summed E-state index contributed by atoms with van der Waals surface area (Å²) in [5.41, 5.74) is 8.12. The molecule has 2 rings (SSSR count). The van der Waals surface area contributed by atoms with Crippen LogP contribution in [-0.2, 0) is 6.42 Å². The number of hydrogen-bond acceptors (Lipinski definition) is 1. The van der Waals surface area contributed by atoms with Crippen LogP contribution < -0.4 is 5.73 Å². The fraction of sp³-hybridized carbons (Fsp3) is 0.571. The van der Waals surface area contributed by atoms with Gasteiger partial charge >= 0.3 is 0 Å². The van der Waals surface area contributed by atoms with Gasteiger partial charge in [0.15, 0.2) is 0 Å². The molecule has 2 unspecified atom stereocenters. The van der Waals surface area contributed by atoms with Crippen molar-refractivity contribution in [3.05, 3.63) is 35.9 Å². The van der Waals surface area contributed by atoms with Gasteiger partial charge in [0.2, 0.25) is 0 Å². The maximum atomic E-state index is 6.20. The van der Waals surface area contributed by atoms with E-state index in [1.165, 1.54) is 12.0 Å². The van der Waals surface area contributed by atoms with Crippen molar-refractivity contribution in [2.45, 2.75) is 39.2 Å². The number of aryl methyl sites for hydroxylation is 1. The lowest BCUT2D eigenvalue weighted by atomic mass is 9.98. The molecule has 1 aliphatic rings. The molecule has 0 heterocycles. The van der Waals surface area contributed by atoms with Crippen LogP contribution in [0.15, 0.2) is 30.3 Å². The molecule has 1 aromatic carbocycles. The maximum Gasteiger partial charge on any atom is 0.00756 e. The third kappa shape index (κ3) is 2.60. The molecule has 0 aromatic heterocycles. The molecule has 2 atom stereocenters. The molecule has 1 fully saturated rings. The first-order chi connectivity index (χ1) is 7.09. The summed E-state index contributed by atoms with van der Waals surface area (Å²) in [5.74, 6) is 0.751. The molecule has 15 heavy (non-hydrogen) atoms. The molecule has 1 aromatic rings. The smallest absolute Gasteiger partial charge is 0.00756 e. The van der Waals surface area contributed by atoms with E-state index in [0.29, 0.717) is 11.5 Å². The quantitative estimate of drug-likeness (QED) is 0.800. The van der Waals surface area contributed by atoms with Gasteiger partial charge < -0.3 is 5.73 Å². The third-order valence-corrected chi connectivity index (χ3v) is 3.72. The number of nitrogens with two attached hydrogens (primary N) is 1. The van der Waals surface area contributed by atoms with Crippen LogP contribution in [0.5, 0.6) is 0 Å². The predicted octanol–water partition coefficient (Wildman–Crippen LogP) is 2.99. The van der Waals surface area contributed by atoms with E-state index in [1.807, 2.05) is 0 Å². The number of rotatable bonds is 4.